The number of carbonyl (C=O) groups is 1. The van der Waals surface area contributed by atoms with Crippen LogP contribution in [0.1, 0.15) is 44.2 Å². The van der Waals surface area contributed by atoms with Gasteiger partial charge in [0, 0.05) is 31.6 Å². The lowest BCUT2D eigenvalue weighted by Crippen LogP contribution is -2.25. The Morgan fingerprint density at radius 1 is 1.35 bits per heavy atom. The first kappa shape index (κ1) is 14.3. The Morgan fingerprint density at radius 2 is 2.05 bits per heavy atom. The molecule has 1 atom stereocenters. The number of aryl methyl sites for hydroxylation is 2. The molecule has 0 aliphatic heterocycles. The van der Waals surface area contributed by atoms with Gasteiger partial charge in [-0.3, -0.25) is 9.48 Å². The fourth-order valence-electron chi connectivity index (χ4n) is 2.19. The van der Waals surface area contributed by atoms with E-state index in [2.05, 4.69) is 29.2 Å². The van der Waals surface area contributed by atoms with Crippen LogP contribution in [-0.4, -0.2) is 25.2 Å². The van der Waals surface area contributed by atoms with E-state index in [0.29, 0.717) is 0 Å². The van der Waals surface area contributed by atoms with Gasteiger partial charge in [0.15, 0.2) is 0 Å². The molecule has 1 N–H and O–H groups in total. The lowest BCUT2D eigenvalue weighted by Gasteiger charge is -2.17. The van der Waals surface area contributed by atoms with Crippen molar-refractivity contribution in [2.24, 2.45) is 7.05 Å². The second-order valence-corrected chi connectivity index (χ2v) is 5.31. The summed E-state index contributed by atoms with van der Waals surface area (Å²) in [4.78, 5) is 16.7. The van der Waals surface area contributed by atoms with E-state index < -0.39 is 0 Å². The molecule has 108 valence electrons. The highest BCUT2D eigenvalue weighted by Gasteiger charge is 2.20. The fraction of sp³-hybridized carbons (Fsp3) is 0.500. The van der Waals surface area contributed by atoms with Crippen molar-refractivity contribution in [1.29, 1.82) is 0 Å². The molecule has 20 heavy (non-hydrogen) atoms. The third-order valence-corrected chi connectivity index (χ3v) is 3.28. The minimum Gasteiger partial charge on any atom is -0.323 e. The highest BCUT2D eigenvalue weighted by Crippen LogP contribution is 2.19. The molecular formula is C14H21N5O. The number of nitrogens with zero attached hydrogens (tertiary/aromatic N) is 4. The highest BCUT2D eigenvalue weighted by atomic mass is 16.2. The van der Waals surface area contributed by atoms with Crippen molar-refractivity contribution in [3.63, 3.8) is 0 Å². The van der Waals surface area contributed by atoms with Crippen LogP contribution in [0.3, 0.4) is 0 Å². The monoisotopic (exact) mass is 275 g/mol. The van der Waals surface area contributed by atoms with Gasteiger partial charge >= 0.3 is 0 Å². The molecule has 2 aromatic heterocycles. The molecule has 0 saturated heterocycles. The maximum atomic E-state index is 12.4. The molecule has 0 saturated carbocycles. The lowest BCUT2D eigenvalue weighted by molar-refractivity contribution is -0.118. The summed E-state index contributed by atoms with van der Waals surface area (Å²) in [6.45, 7) is 7.87. The Hall–Kier alpha value is -2.11. The molecule has 6 nitrogen and oxygen atoms in total. The van der Waals surface area contributed by atoms with Crippen LogP contribution in [0.2, 0.25) is 0 Å². The van der Waals surface area contributed by atoms with Crippen molar-refractivity contribution in [2.75, 3.05) is 5.32 Å². The molecule has 1 amide bonds. The summed E-state index contributed by atoms with van der Waals surface area (Å²) < 4.78 is 3.60. The van der Waals surface area contributed by atoms with Gasteiger partial charge in [-0.1, -0.05) is 13.8 Å². The largest absolute Gasteiger partial charge is 0.323 e. The number of anilines is 1. The fourth-order valence-corrected chi connectivity index (χ4v) is 2.19. The minimum atomic E-state index is -0.311. The third kappa shape index (κ3) is 2.74. The average Bonchev–Trinajstić information content (AvgIpc) is 2.95. The number of rotatable bonds is 4. The van der Waals surface area contributed by atoms with E-state index in [9.17, 15) is 4.79 Å². The standard InChI is InChI=1S/C14H21N5O/c1-9(2)13-15-6-7-19(13)11(4)14(20)16-12-8-18(5)17-10(12)3/h6-9,11H,1-5H3,(H,16,20). The number of aromatic nitrogens is 4. The van der Waals surface area contributed by atoms with Crippen molar-refractivity contribution < 1.29 is 4.79 Å². The van der Waals surface area contributed by atoms with Crippen molar-refractivity contribution in [1.82, 2.24) is 19.3 Å². The van der Waals surface area contributed by atoms with Gasteiger partial charge in [-0.2, -0.15) is 5.10 Å². The van der Waals surface area contributed by atoms with Crippen LogP contribution in [0.5, 0.6) is 0 Å². The van der Waals surface area contributed by atoms with Gasteiger partial charge in [0.05, 0.1) is 11.4 Å². The molecule has 0 radical (unpaired) electrons. The topological polar surface area (TPSA) is 64.7 Å². The SMILES string of the molecule is Cc1nn(C)cc1NC(=O)C(C)n1ccnc1C(C)C. The lowest BCUT2D eigenvalue weighted by atomic mass is 10.2. The number of carbonyl (C=O) groups excluding carboxylic acids is 1. The molecule has 2 aromatic rings. The average molecular weight is 275 g/mol. The van der Waals surface area contributed by atoms with Crippen molar-refractivity contribution in [3.8, 4) is 0 Å². The van der Waals surface area contributed by atoms with Gasteiger partial charge in [0.1, 0.15) is 11.9 Å². The summed E-state index contributed by atoms with van der Waals surface area (Å²) in [5.74, 6) is 1.12. The Bertz CT molecular complexity index is 611. The maximum absolute atomic E-state index is 12.4. The number of nitrogens with one attached hydrogen (secondary N) is 1. The van der Waals surface area contributed by atoms with Crippen LogP contribution < -0.4 is 5.32 Å². The van der Waals surface area contributed by atoms with E-state index in [0.717, 1.165) is 17.2 Å². The Balaban J connectivity index is 2.16. The predicted octanol–water partition coefficient (Wildman–Crippen LogP) is 2.25. The van der Waals surface area contributed by atoms with Gasteiger partial charge in [-0.25, -0.2) is 4.98 Å². The summed E-state index contributed by atoms with van der Waals surface area (Å²) in [6, 6.07) is -0.311. The van der Waals surface area contributed by atoms with E-state index in [1.165, 1.54) is 0 Å². The Labute approximate surface area is 118 Å². The quantitative estimate of drug-likeness (QED) is 0.930. The van der Waals surface area contributed by atoms with E-state index in [4.69, 9.17) is 0 Å². The van der Waals surface area contributed by atoms with Gasteiger partial charge in [-0.15, -0.1) is 0 Å². The van der Waals surface area contributed by atoms with Crippen LogP contribution in [-0.2, 0) is 11.8 Å². The Kier molecular flexibility index (Phi) is 3.92. The summed E-state index contributed by atoms with van der Waals surface area (Å²) in [7, 11) is 1.83. The first-order valence-corrected chi connectivity index (χ1v) is 6.74. The smallest absolute Gasteiger partial charge is 0.247 e. The van der Waals surface area contributed by atoms with E-state index >= 15 is 0 Å². The van der Waals surface area contributed by atoms with E-state index in [1.54, 1.807) is 17.1 Å². The van der Waals surface area contributed by atoms with Gasteiger partial charge in [-0.05, 0) is 13.8 Å². The first-order valence-electron chi connectivity index (χ1n) is 6.74. The second kappa shape index (κ2) is 5.48. The van der Waals surface area contributed by atoms with Gasteiger partial charge < -0.3 is 9.88 Å². The van der Waals surface area contributed by atoms with Crippen LogP contribution in [0.25, 0.3) is 0 Å². The zero-order chi connectivity index (χ0) is 14.9. The minimum absolute atomic E-state index is 0.0685. The van der Waals surface area contributed by atoms with Crippen LogP contribution in [0, 0.1) is 6.92 Å². The van der Waals surface area contributed by atoms with E-state index in [1.807, 2.05) is 31.7 Å². The summed E-state index contributed by atoms with van der Waals surface area (Å²) >= 11 is 0. The molecular weight excluding hydrogens is 254 g/mol. The summed E-state index contributed by atoms with van der Waals surface area (Å²) in [6.07, 6.45) is 5.38. The van der Waals surface area contributed by atoms with Gasteiger partial charge in [0.2, 0.25) is 5.91 Å². The van der Waals surface area contributed by atoms with Crippen molar-refractivity contribution in [2.45, 2.75) is 39.7 Å². The zero-order valence-electron chi connectivity index (χ0n) is 12.6. The molecule has 0 spiro atoms. The van der Waals surface area contributed by atoms with Gasteiger partial charge in [0.25, 0.3) is 0 Å². The molecule has 1 unspecified atom stereocenters. The number of hydrogen-bond acceptors (Lipinski definition) is 3. The second-order valence-electron chi connectivity index (χ2n) is 5.31. The molecule has 2 heterocycles. The third-order valence-electron chi connectivity index (χ3n) is 3.28. The van der Waals surface area contributed by atoms with Crippen molar-refractivity contribution >= 4 is 11.6 Å². The molecule has 0 aliphatic rings. The first-order chi connectivity index (χ1) is 9.40. The van der Waals surface area contributed by atoms with Crippen LogP contribution in [0.4, 0.5) is 5.69 Å². The van der Waals surface area contributed by atoms with Crippen LogP contribution >= 0.6 is 0 Å². The number of imidazole rings is 1. The molecule has 0 aliphatic carbocycles. The maximum Gasteiger partial charge on any atom is 0.247 e. The molecule has 6 heteroatoms. The van der Waals surface area contributed by atoms with Crippen LogP contribution in [0.15, 0.2) is 18.6 Å². The normalized spacial score (nSPS) is 12.7. The summed E-state index contributed by atoms with van der Waals surface area (Å²) in [5, 5.41) is 7.13. The molecule has 0 fully saturated rings. The van der Waals surface area contributed by atoms with E-state index in [-0.39, 0.29) is 17.9 Å². The zero-order valence-corrected chi connectivity index (χ0v) is 12.6. The summed E-state index contributed by atoms with van der Waals surface area (Å²) in [5.41, 5.74) is 1.55. The predicted molar refractivity (Wildman–Crippen MR) is 77.6 cm³/mol. The number of amides is 1. The molecule has 0 bridgehead atoms. The molecule has 2 rings (SSSR count). The molecule has 0 aromatic carbocycles. The van der Waals surface area contributed by atoms with Crippen molar-refractivity contribution in [3.05, 3.63) is 30.1 Å². The number of hydrogen-bond donors (Lipinski definition) is 1. The highest BCUT2D eigenvalue weighted by molar-refractivity contribution is 5.93. The Morgan fingerprint density at radius 3 is 2.60 bits per heavy atom.